The van der Waals surface area contributed by atoms with Crippen LogP contribution in [0.15, 0.2) is 30.3 Å². The Morgan fingerprint density at radius 1 is 1.45 bits per heavy atom. The quantitative estimate of drug-likeness (QED) is 0.907. The molecule has 4 nitrogen and oxygen atoms in total. The Bertz CT molecular complexity index is 675. The highest BCUT2D eigenvalue weighted by Crippen LogP contribution is 2.29. The number of nitrogens with zero attached hydrogens (tertiary/aromatic N) is 3. The molecule has 0 aliphatic carbocycles. The normalized spacial score (nSPS) is 20.1. The third-order valence-electron chi connectivity index (χ3n) is 4.03. The second-order valence-electron chi connectivity index (χ2n) is 5.40. The number of pyridine rings is 1. The van der Waals surface area contributed by atoms with Crippen LogP contribution in [0.5, 0.6) is 0 Å². The summed E-state index contributed by atoms with van der Waals surface area (Å²) in [5.74, 6) is 1.00. The first kappa shape index (κ1) is 12.9. The minimum Gasteiger partial charge on any atom is -0.393 e. The van der Waals surface area contributed by atoms with Crippen LogP contribution in [-0.2, 0) is 0 Å². The fraction of sp³-hybridized carbons (Fsp3) is 0.375. The second kappa shape index (κ2) is 5.10. The van der Waals surface area contributed by atoms with Crippen LogP contribution in [0.25, 0.3) is 10.9 Å². The summed E-state index contributed by atoms with van der Waals surface area (Å²) >= 11 is 0. The number of aliphatic hydroxyl groups excluding tert-OH is 1. The van der Waals surface area contributed by atoms with Gasteiger partial charge in [0, 0.05) is 24.4 Å². The number of aromatic nitrogens is 1. The highest BCUT2D eigenvalue weighted by molar-refractivity contribution is 5.83. The van der Waals surface area contributed by atoms with Gasteiger partial charge in [-0.2, -0.15) is 5.26 Å². The molecule has 1 aromatic carbocycles. The number of rotatable bonds is 2. The summed E-state index contributed by atoms with van der Waals surface area (Å²) in [6.45, 7) is 3.43. The molecular weight excluding hydrogens is 250 g/mol. The molecule has 3 rings (SSSR count). The molecular formula is C16H17N3O. The van der Waals surface area contributed by atoms with Gasteiger partial charge in [0.05, 0.1) is 17.2 Å². The van der Waals surface area contributed by atoms with E-state index in [1.165, 1.54) is 0 Å². The van der Waals surface area contributed by atoms with Gasteiger partial charge < -0.3 is 10.0 Å². The minimum absolute atomic E-state index is 0.259. The van der Waals surface area contributed by atoms with E-state index < -0.39 is 0 Å². The number of nitriles is 1. The van der Waals surface area contributed by atoms with Crippen LogP contribution < -0.4 is 4.90 Å². The lowest BCUT2D eigenvalue weighted by Crippen LogP contribution is -2.25. The summed E-state index contributed by atoms with van der Waals surface area (Å²) in [6, 6.07) is 12.0. The van der Waals surface area contributed by atoms with Crippen LogP contribution in [0.2, 0.25) is 0 Å². The van der Waals surface area contributed by atoms with E-state index in [0.717, 1.165) is 36.2 Å². The maximum Gasteiger partial charge on any atom is 0.147 e. The standard InChI is InChI=1S/C16H17N3O/c1-11(20)13-6-7-19(10-13)16-14(9-17)8-12-4-2-3-5-15(12)18-16/h2-5,8,11,13,20H,6-7,10H2,1H3. The van der Waals surface area contributed by atoms with Crippen LogP contribution >= 0.6 is 0 Å². The predicted octanol–water partition coefficient (Wildman–Crippen LogP) is 2.31. The van der Waals surface area contributed by atoms with Gasteiger partial charge in [-0.15, -0.1) is 0 Å². The van der Waals surface area contributed by atoms with Gasteiger partial charge in [0.2, 0.25) is 0 Å². The molecule has 1 fully saturated rings. The van der Waals surface area contributed by atoms with Gasteiger partial charge in [0.25, 0.3) is 0 Å². The lowest BCUT2D eigenvalue weighted by molar-refractivity contribution is 0.136. The van der Waals surface area contributed by atoms with E-state index in [2.05, 4.69) is 16.0 Å². The smallest absolute Gasteiger partial charge is 0.147 e. The lowest BCUT2D eigenvalue weighted by atomic mass is 10.0. The van der Waals surface area contributed by atoms with E-state index in [4.69, 9.17) is 0 Å². The van der Waals surface area contributed by atoms with Crippen molar-refractivity contribution in [3.8, 4) is 6.07 Å². The van der Waals surface area contributed by atoms with E-state index in [1.54, 1.807) is 0 Å². The van der Waals surface area contributed by atoms with Crippen LogP contribution in [0.1, 0.15) is 18.9 Å². The molecule has 1 aliphatic rings. The van der Waals surface area contributed by atoms with E-state index in [0.29, 0.717) is 5.56 Å². The molecule has 2 heterocycles. The highest BCUT2D eigenvalue weighted by atomic mass is 16.3. The average Bonchev–Trinajstić information content (AvgIpc) is 2.95. The molecule has 102 valence electrons. The fourth-order valence-corrected chi connectivity index (χ4v) is 2.80. The average molecular weight is 267 g/mol. The van der Waals surface area contributed by atoms with Crippen molar-refractivity contribution >= 4 is 16.7 Å². The van der Waals surface area contributed by atoms with E-state index in [-0.39, 0.29) is 12.0 Å². The van der Waals surface area contributed by atoms with Crippen molar-refractivity contribution in [1.29, 1.82) is 5.26 Å². The number of anilines is 1. The van der Waals surface area contributed by atoms with Gasteiger partial charge in [-0.3, -0.25) is 0 Å². The van der Waals surface area contributed by atoms with Gasteiger partial charge >= 0.3 is 0 Å². The van der Waals surface area contributed by atoms with Gasteiger partial charge in [0.15, 0.2) is 0 Å². The molecule has 0 saturated carbocycles. The molecule has 2 atom stereocenters. The molecule has 1 N–H and O–H groups in total. The summed E-state index contributed by atoms with van der Waals surface area (Å²) < 4.78 is 0. The maximum atomic E-state index is 9.70. The Balaban J connectivity index is 2.01. The number of fused-ring (bicyclic) bond motifs is 1. The number of aliphatic hydroxyl groups is 1. The Kier molecular flexibility index (Phi) is 3.29. The molecule has 1 saturated heterocycles. The molecule has 0 amide bonds. The summed E-state index contributed by atoms with van der Waals surface area (Å²) in [4.78, 5) is 6.76. The second-order valence-corrected chi connectivity index (χ2v) is 5.40. The monoisotopic (exact) mass is 267 g/mol. The van der Waals surface area contributed by atoms with Crippen molar-refractivity contribution in [2.24, 2.45) is 5.92 Å². The largest absolute Gasteiger partial charge is 0.393 e. The molecule has 20 heavy (non-hydrogen) atoms. The Labute approximate surface area is 118 Å². The molecule has 2 unspecified atom stereocenters. The summed E-state index contributed by atoms with van der Waals surface area (Å²) in [5.41, 5.74) is 1.51. The molecule has 4 heteroatoms. The van der Waals surface area contributed by atoms with Gasteiger partial charge in [-0.1, -0.05) is 18.2 Å². The van der Waals surface area contributed by atoms with Crippen LogP contribution in [-0.4, -0.2) is 29.3 Å². The summed E-state index contributed by atoms with van der Waals surface area (Å²) in [5, 5.41) is 20.0. The zero-order valence-corrected chi connectivity index (χ0v) is 11.5. The van der Waals surface area contributed by atoms with Crippen LogP contribution in [0, 0.1) is 17.2 Å². The number of benzene rings is 1. The first-order valence-corrected chi connectivity index (χ1v) is 6.92. The SMILES string of the molecule is CC(O)C1CCN(c2nc3ccccc3cc2C#N)C1. The highest BCUT2D eigenvalue weighted by Gasteiger charge is 2.28. The van der Waals surface area contributed by atoms with Gasteiger partial charge in [0.1, 0.15) is 11.9 Å². The molecule has 2 aromatic rings. The minimum atomic E-state index is -0.314. The van der Waals surface area contributed by atoms with E-state index >= 15 is 0 Å². The van der Waals surface area contributed by atoms with Crippen molar-refractivity contribution < 1.29 is 5.11 Å². The van der Waals surface area contributed by atoms with Crippen molar-refractivity contribution in [3.05, 3.63) is 35.9 Å². The first-order chi connectivity index (χ1) is 9.69. The molecule has 0 bridgehead atoms. The van der Waals surface area contributed by atoms with Crippen LogP contribution in [0.3, 0.4) is 0 Å². The lowest BCUT2D eigenvalue weighted by Gasteiger charge is -2.20. The van der Waals surface area contributed by atoms with Crippen LogP contribution in [0.4, 0.5) is 5.82 Å². The Hall–Kier alpha value is -2.12. The Morgan fingerprint density at radius 3 is 2.95 bits per heavy atom. The summed E-state index contributed by atoms with van der Waals surface area (Å²) in [7, 11) is 0. The van der Waals surface area contributed by atoms with Gasteiger partial charge in [-0.05, 0) is 25.5 Å². The van der Waals surface area contributed by atoms with Crippen molar-refractivity contribution in [3.63, 3.8) is 0 Å². The third kappa shape index (κ3) is 2.21. The zero-order valence-electron chi connectivity index (χ0n) is 11.5. The van der Waals surface area contributed by atoms with Crippen molar-refractivity contribution in [1.82, 2.24) is 4.98 Å². The maximum absolute atomic E-state index is 9.70. The topological polar surface area (TPSA) is 60.1 Å². The fourth-order valence-electron chi connectivity index (χ4n) is 2.80. The number of para-hydroxylation sites is 1. The predicted molar refractivity (Wildman–Crippen MR) is 78.5 cm³/mol. The molecule has 1 aliphatic heterocycles. The molecule has 0 spiro atoms. The zero-order chi connectivity index (χ0) is 14.1. The van der Waals surface area contributed by atoms with Crippen molar-refractivity contribution in [2.75, 3.05) is 18.0 Å². The van der Waals surface area contributed by atoms with Gasteiger partial charge in [-0.25, -0.2) is 4.98 Å². The first-order valence-electron chi connectivity index (χ1n) is 6.92. The molecule has 0 radical (unpaired) electrons. The summed E-state index contributed by atoms with van der Waals surface area (Å²) in [6.07, 6.45) is 0.628. The van der Waals surface area contributed by atoms with E-state index in [9.17, 15) is 10.4 Å². The molecule has 1 aromatic heterocycles. The Morgan fingerprint density at radius 2 is 2.25 bits per heavy atom. The third-order valence-corrected chi connectivity index (χ3v) is 4.03. The van der Waals surface area contributed by atoms with E-state index in [1.807, 2.05) is 37.3 Å². The number of hydrogen-bond acceptors (Lipinski definition) is 4. The number of hydrogen-bond donors (Lipinski definition) is 1. The van der Waals surface area contributed by atoms with Crippen molar-refractivity contribution in [2.45, 2.75) is 19.4 Å².